The maximum Gasteiger partial charge on any atom is 0.325 e. The summed E-state index contributed by atoms with van der Waals surface area (Å²) in [4.78, 5) is 22.4. The Bertz CT molecular complexity index is 677. The number of nitrogens with one attached hydrogen (secondary N) is 1. The number of hydrogen-bond acceptors (Lipinski definition) is 7. The van der Waals surface area contributed by atoms with Crippen molar-refractivity contribution < 1.29 is 18.7 Å². The van der Waals surface area contributed by atoms with E-state index in [1.807, 2.05) is 24.3 Å². The van der Waals surface area contributed by atoms with Crippen molar-refractivity contribution in [1.82, 2.24) is 15.5 Å². The van der Waals surface area contributed by atoms with Crippen molar-refractivity contribution >= 4 is 39.6 Å². The van der Waals surface area contributed by atoms with Gasteiger partial charge in [0.25, 0.3) is 5.22 Å². The summed E-state index contributed by atoms with van der Waals surface area (Å²) in [5, 5.41) is 10.5. The molecule has 0 aliphatic rings. The first-order valence-electron chi connectivity index (χ1n) is 6.14. The first kappa shape index (κ1) is 16.5. The molecule has 0 saturated heterocycles. The molecule has 1 aromatic heterocycles. The summed E-state index contributed by atoms with van der Waals surface area (Å²) in [6.07, 6.45) is 0. The highest BCUT2D eigenvalue weighted by molar-refractivity contribution is 9.10. The van der Waals surface area contributed by atoms with Crippen molar-refractivity contribution in [3.8, 4) is 11.5 Å². The Labute approximate surface area is 138 Å². The number of hydrogen-bond donors (Lipinski definition) is 1. The lowest BCUT2D eigenvalue weighted by atomic mass is 10.2. The third-order valence-corrected chi connectivity index (χ3v) is 3.77. The van der Waals surface area contributed by atoms with E-state index in [9.17, 15) is 9.59 Å². The largest absolute Gasteiger partial charge is 0.468 e. The minimum Gasteiger partial charge on any atom is -0.468 e. The summed E-state index contributed by atoms with van der Waals surface area (Å²) in [6.45, 7) is -0.164. The second kappa shape index (κ2) is 7.95. The molecular formula is C13H12BrN3O4S. The third-order valence-electron chi connectivity index (χ3n) is 2.46. The van der Waals surface area contributed by atoms with Crippen LogP contribution in [-0.2, 0) is 14.3 Å². The molecule has 0 aliphatic heterocycles. The standard InChI is InChI=1S/C13H12BrN3O4S/c1-20-11(19)6-15-10(18)7-22-13-17-16-12(21-13)8-3-2-4-9(14)5-8/h2-5H,6-7H2,1H3,(H,15,18). The van der Waals surface area contributed by atoms with Gasteiger partial charge in [-0.15, -0.1) is 10.2 Å². The fraction of sp³-hybridized carbons (Fsp3) is 0.231. The van der Waals surface area contributed by atoms with Crippen LogP contribution in [0.1, 0.15) is 0 Å². The summed E-state index contributed by atoms with van der Waals surface area (Å²) < 4.78 is 10.8. The zero-order valence-electron chi connectivity index (χ0n) is 11.5. The summed E-state index contributed by atoms with van der Waals surface area (Å²) >= 11 is 4.46. The number of nitrogens with zero attached hydrogens (tertiary/aromatic N) is 2. The lowest BCUT2D eigenvalue weighted by Gasteiger charge is -2.01. The number of halogens is 1. The molecule has 22 heavy (non-hydrogen) atoms. The first-order chi connectivity index (χ1) is 10.6. The van der Waals surface area contributed by atoms with Gasteiger partial charge in [-0.1, -0.05) is 33.8 Å². The van der Waals surface area contributed by atoms with Crippen LogP contribution < -0.4 is 5.32 Å². The molecular weight excluding hydrogens is 374 g/mol. The number of thioether (sulfide) groups is 1. The van der Waals surface area contributed by atoms with Crippen LogP contribution in [0, 0.1) is 0 Å². The number of benzene rings is 1. The Morgan fingerprint density at radius 1 is 1.41 bits per heavy atom. The lowest BCUT2D eigenvalue weighted by Crippen LogP contribution is -2.31. The van der Waals surface area contributed by atoms with Gasteiger partial charge < -0.3 is 14.5 Å². The normalized spacial score (nSPS) is 10.3. The average Bonchev–Trinajstić information content (AvgIpc) is 2.99. The second-order valence-corrected chi connectivity index (χ2v) is 5.87. The molecule has 2 aromatic rings. The molecule has 7 nitrogen and oxygen atoms in total. The highest BCUT2D eigenvalue weighted by Gasteiger charge is 2.12. The minimum absolute atomic E-state index is 0.0666. The van der Waals surface area contributed by atoms with Gasteiger partial charge in [0.2, 0.25) is 11.8 Å². The minimum atomic E-state index is -0.506. The van der Waals surface area contributed by atoms with Gasteiger partial charge in [0, 0.05) is 10.0 Å². The van der Waals surface area contributed by atoms with Crippen LogP contribution >= 0.6 is 27.7 Å². The molecule has 9 heteroatoms. The SMILES string of the molecule is COC(=O)CNC(=O)CSc1nnc(-c2cccc(Br)c2)o1. The summed E-state index contributed by atoms with van der Waals surface area (Å²) in [5.41, 5.74) is 0.781. The van der Waals surface area contributed by atoms with Gasteiger partial charge in [-0.2, -0.15) is 0 Å². The van der Waals surface area contributed by atoms with Gasteiger partial charge in [0.1, 0.15) is 6.54 Å². The van der Waals surface area contributed by atoms with E-state index in [1.165, 1.54) is 7.11 Å². The monoisotopic (exact) mass is 385 g/mol. The van der Waals surface area contributed by atoms with Crippen LogP contribution in [0.25, 0.3) is 11.5 Å². The number of carbonyl (C=O) groups is 2. The quantitative estimate of drug-likeness (QED) is 0.598. The van der Waals surface area contributed by atoms with E-state index < -0.39 is 5.97 Å². The van der Waals surface area contributed by atoms with E-state index in [0.717, 1.165) is 21.8 Å². The van der Waals surface area contributed by atoms with Crippen molar-refractivity contribution in [2.45, 2.75) is 5.22 Å². The zero-order valence-corrected chi connectivity index (χ0v) is 13.9. The molecule has 0 radical (unpaired) electrons. The molecule has 0 unspecified atom stereocenters. The van der Waals surface area contributed by atoms with E-state index in [0.29, 0.717) is 5.89 Å². The van der Waals surface area contributed by atoms with Crippen molar-refractivity contribution in [1.29, 1.82) is 0 Å². The van der Waals surface area contributed by atoms with Crippen LogP contribution in [0.4, 0.5) is 0 Å². The van der Waals surface area contributed by atoms with Crippen LogP contribution in [0.3, 0.4) is 0 Å². The fourth-order valence-electron chi connectivity index (χ4n) is 1.43. The molecule has 1 aromatic carbocycles. The maximum absolute atomic E-state index is 11.5. The van der Waals surface area contributed by atoms with E-state index >= 15 is 0 Å². The molecule has 0 aliphatic carbocycles. The number of rotatable bonds is 6. The first-order valence-corrected chi connectivity index (χ1v) is 7.92. The van der Waals surface area contributed by atoms with E-state index in [2.05, 4.69) is 36.2 Å². The summed E-state index contributed by atoms with van der Waals surface area (Å²) in [7, 11) is 1.26. The van der Waals surface area contributed by atoms with E-state index in [4.69, 9.17) is 4.42 Å². The Morgan fingerprint density at radius 2 is 2.23 bits per heavy atom. The molecule has 116 valence electrons. The molecule has 0 fully saturated rings. The third kappa shape index (κ3) is 4.85. The van der Waals surface area contributed by atoms with Gasteiger partial charge in [-0.3, -0.25) is 9.59 Å². The molecule has 0 spiro atoms. The summed E-state index contributed by atoms with van der Waals surface area (Å²) in [6, 6.07) is 7.44. The molecule has 1 N–H and O–H groups in total. The molecule has 2 rings (SSSR count). The molecule has 0 saturated carbocycles. The van der Waals surface area contributed by atoms with E-state index in [1.54, 1.807) is 0 Å². The predicted molar refractivity (Wildman–Crippen MR) is 83.2 cm³/mol. The Hall–Kier alpha value is -1.87. The number of aromatic nitrogens is 2. The van der Waals surface area contributed by atoms with Gasteiger partial charge in [0.15, 0.2) is 0 Å². The van der Waals surface area contributed by atoms with Crippen molar-refractivity contribution in [3.63, 3.8) is 0 Å². The predicted octanol–water partition coefficient (Wildman–Crippen LogP) is 1.88. The Morgan fingerprint density at radius 3 is 2.95 bits per heavy atom. The van der Waals surface area contributed by atoms with E-state index in [-0.39, 0.29) is 23.4 Å². The topological polar surface area (TPSA) is 94.3 Å². The zero-order chi connectivity index (χ0) is 15.9. The number of carbonyl (C=O) groups excluding carboxylic acids is 2. The van der Waals surface area contributed by atoms with Gasteiger partial charge in [-0.25, -0.2) is 0 Å². The van der Waals surface area contributed by atoms with Crippen molar-refractivity contribution in [2.24, 2.45) is 0 Å². The van der Waals surface area contributed by atoms with Gasteiger partial charge >= 0.3 is 5.97 Å². The van der Waals surface area contributed by atoms with Gasteiger partial charge in [0.05, 0.1) is 12.9 Å². The fourth-order valence-corrected chi connectivity index (χ4v) is 2.42. The Kier molecular flexibility index (Phi) is 5.96. The molecule has 1 amide bonds. The highest BCUT2D eigenvalue weighted by Crippen LogP contribution is 2.25. The molecule has 0 bridgehead atoms. The van der Waals surface area contributed by atoms with Crippen LogP contribution in [0.15, 0.2) is 38.4 Å². The smallest absolute Gasteiger partial charge is 0.325 e. The highest BCUT2D eigenvalue weighted by atomic mass is 79.9. The van der Waals surface area contributed by atoms with Crippen molar-refractivity contribution in [3.05, 3.63) is 28.7 Å². The molecule has 0 atom stereocenters. The molecule has 1 heterocycles. The maximum atomic E-state index is 11.5. The number of methoxy groups -OCH3 is 1. The van der Waals surface area contributed by atoms with Crippen LogP contribution in [-0.4, -0.2) is 41.5 Å². The number of esters is 1. The summed E-state index contributed by atoms with van der Waals surface area (Å²) in [5.74, 6) is -0.388. The second-order valence-electron chi connectivity index (χ2n) is 4.03. The Balaban J connectivity index is 1.87. The van der Waals surface area contributed by atoms with Crippen LogP contribution in [0.5, 0.6) is 0 Å². The van der Waals surface area contributed by atoms with Gasteiger partial charge in [-0.05, 0) is 18.2 Å². The van der Waals surface area contributed by atoms with Crippen LogP contribution in [0.2, 0.25) is 0 Å². The number of amides is 1. The lowest BCUT2D eigenvalue weighted by molar-refractivity contribution is -0.140. The average molecular weight is 386 g/mol. The number of ether oxygens (including phenoxy) is 1. The van der Waals surface area contributed by atoms with Crippen molar-refractivity contribution in [2.75, 3.05) is 19.4 Å².